The van der Waals surface area contributed by atoms with Gasteiger partial charge in [0.25, 0.3) is 0 Å². The molecule has 17 heavy (non-hydrogen) atoms. The van der Waals surface area contributed by atoms with Crippen molar-refractivity contribution in [2.24, 2.45) is 0 Å². The van der Waals surface area contributed by atoms with E-state index in [4.69, 9.17) is 17.3 Å². The number of phenolic OH excluding ortho intramolecular Hbond substituents is 1. The Morgan fingerprint density at radius 2 is 1.71 bits per heavy atom. The first kappa shape index (κ1) is 13.6. The van der Waals surface area contributed by atoms with Crippen LogP contribution in [0.5, 0.6) is 5.75 Å². The van der Waals surface area contributed by atoms with Crippen LogP contribution in [0.3, 0.4) is 0 Å². The number of halogens is 2. The van der Waals surface area contributed by atoms with E-state index in [1.165, 1.54) is 0 Å². The number of thiocarbonyl (C=S) groups is 1. The second-order valence-electron chi connectivity index (χ2n) is 4.62. The summed E-state index contributed by atoms with van der Waals surface area (Å²) in [6.45, 7) is 5.71. The SMILES string of the molecule is CC(C)(C)NC(=S)Nc1cc(F)c(O)c(F)c1. The molecule has 0 heterocycles. The fourth-order valence-electron chi connectivity index (χ4n) is 1.14. The number of hydrogen-bond donors (Lipinski definition) is 3. The zero-order valence-corrected chi connectivity index (χ0v) is 10.6. The minimum absolute atomic E-state index is 0.138. The summed E-state index contributed by atoms with van der Waals surface area (Å²) >= 11 is 4.97. The predicted molar refractivity (Wildman–Crippen MR) is 67.1 cm³/mol. The Balaban J connectivity index is 2.79. The average molecular weight is 260 g/mol. The molecule has 0 saturated carbocycles. The van der Waals surface area contributed by atoms with Gasteiger partial charge in [-0.1, -0.05) is 0 Å². The van der Waals surface area contributed by atoms with Gasteiger partial charge in [-0.15, -0.1) is 0 Å². The minimum atomic E-state index is -1.04. The van der Waals surface area contributed by atoms with Crippen molar-refractivity contribution in [2.75, 3.05) is 5.32 Å². The van der Waals surface area contributed by atoms with E-state index in [1.54, 1.807) is 0 Å². The highest BCUT2D eigenvalue weighted by atomic mass is 32.1. The van der Waals surface area contributed by atoms with Gasteiger partial charge in [0.05, 0.1) is 0 Å². The second-order valence-corrected chi connectivity index (χ2v) is 5.03. The molecule has 0 aliphatic rings. The van der Waals surface area contributed by atoms with Gasteiger partial charge >= 0.3 is 0 Å². The molecule has 1 rings (SSSR count). The molecule has 1 aromatic rings. The molecule has 94 valence electrons. The van der Waals surface area contributed by atoms with E-state index in [1.807, 2.05) is 20.8 Å². The molecule has 0 aromatic heterocycles. The van der Waals surface area contributed by atoms with Crippen LogP contribution in [-0.2, 0) is 0 Å². The summed E-state index contributed by atoms with van der Waals surface area (Å²) in [5.41, 5.74) is -0.113. The first-order valence-corrected chi connectivity index (χ1v) is 5.37. The van der Waals surface area contributed by atoms with Crippen LogP contribution in [0.15, 0.2) is 12.1 Å². The second kappa shape index (κ2) is 4.83. The summed E-state index contributed by atoms with van der Waals surface area (Å²) in [6, 6.07) is 1.93. The van der Waals surface area contributed by atoms with Crippen LogP contribution in [0.1, 0.15) is 20.8 Å². The standard InChI is InChI=1S/C11H14F2N2OS/c1-11(2,3)15-10(17)14-6-4-7(12)9(16)8(13)5-6/h4-5,16H,1-3H3,(H2,14,15,17). The molecule has 0 unspecified atom stereocenters. The molecule has 0 aliphatic carbocycles. The van der Waals surface area contributed by atoms with Crippen molar-refractivity contribution in [1.29, 1.82) is 0 Å². The Morgan fingerprint density at radius 1 is 1.24 bits per heavy atom. The molecule has 0 amide bonds. The molecule has 0 fully saturated rings. The largest absolute Gasteiger partial charge is 0.503 e. The highest BCUT2D eigenvalue weighted by molar-refractivity contribution is 7.80. The molecule has 0 bridgehead atoms. The lowest BCUT2D eigenvalue weighted by atomic mass is 10.1. The van der Waals surface area contributed by atoms with Crippen molar-refractivity contribution in [1.82, 2.24) is 5.32 Å². The first-order chi connectivity index (χ1) is 7.69. The summed E-state index contributed by atoms with van der Waals surface area (Å²) in [5.74, 6) is -3.07. The molecule has 0 radical (unpaired) electrons. The number of aromatic hydroxyl groups is 1. The van der Waals surface area contributed by atoms with Gasteiger partial charge in [0.15, 0.2) is 22.5 Å². The fourth-order valence-corrected chi connectivity index (χ4v) is 1.56. The van der Waals surface area contributed by atoms with Crippen molar-refractivity contribution in [2.45, 2.75) is 26.3 Å². The molecule has 3 N–H and O–H groups in total. The van der Waals surface area contributed by atoms with Gasteiger partial charge in [0, 0.05) is 23.4 Å². The topological polar surface area (TPSA) is 44.3 Å². The zero-order chi connectivity index (χ0) is 13.2. The van der Waals surface area contributed by atoms with E-state index in [0.29, 0.717) is 0 Å². The maximum atomic E-state index is 13.0. The number of hydrogen-bond acceptors (Lipinski definition) is 2. The molecule has 1 aromatic carbocycles. The van der Waals surface area contributed by atoms with Crippen LogP contribution < -0.4 is 10.6 Å². The van der Waals surface area contributed by atoms with E-state index < -0.39 is 17.4 Å². The Hall–Kier alpha value is -1.43. The lowest BCUT2D eigenvalue weighted by Crippen LogP contribution is -2.42. The maximum absolute atomic E-state index is 13.0. The number of phenols is 1. The predicted octanol–water partition coefficient (Wildman–Crippen LogP) is 2.76. The van der Waals surface area contributed by atoms with Crippen molar-refractivity contribution in [3.05, 3.63) is 23.8 Å². The molecule has 0 atom stereocenters. The smallest absolute Gasteiger partial charge is 0.187 e. The van der Waals surface area contributed by atoms with Gasteiger partial charge in [-0.2, -0.15) is 0 Å². The minimum Gasteiger partial charge on any atom is -0.503 e. The molecule has 0 spiro atoms. The van der Waals surface area contributed by atoms with Gasteiger partial charge in [-0.05, 0) is 33.0 Å². The van der Waals surface area contributed by atoms with Gasteiger partial charge < -0.3 is 15.7 Å². The van der Waals surface area contributed by atoms with Crippen LogP contribution in [-0.4, -0.2) is 15.8 Å². The zero-order valence-electron chi connectivity index (χ0n) is 9.77. The quantitative estimate of drug-likeness (QED) is 0.536. The van der Waals surface area contributed by atoms with Crippen LogP contribution in [0.2, 0.25) is 0 Å². The summed E-state index contributed by atoms with van der Waals surface area (Å²) in [7, 11) is 0. The normalized spacial score (nSPS) is 11.1. The Morgan fingerprint density at radius 3 is 2.12 bits per heavy atom. The third-order valence-corrected chi connectivity index (χ3v) is 1.97. The molecular formula is C11H14F2N2OS. The van der Waals surface area contributed by atoms with Crippen LogP contribution in [0, 0.1) is 11.6 Å². The van der Waals surface area contributed by atoms with Crippen LogP contribution >= 0.6 is 12.2 Å². The Kier molecular flexibility index (Phi) is 3.87. The Bertz CT molecular complexity index is 421. The highest BCUT2D eigenvalue weighted by Crippen LogP contribution is 2.24. The number of benzene rings is 1. The van der Waals surface area contributed by atoms with Gasteiger partial charge in [0.1, 0.15) is 0 Å². The number of nitrogens with one attached hydrogen (secondary N) is 2. The maximum Gasteiger partial charge on any atom is 0.187 e. The van der Waals surface area contributed by atoms with E-state index in [9.17, 15) is 8.78 Å². The molecule has 0 saturated heterocycles. The molecule has 3 nitrogen and oxygen atoms in total. The molecule has 6 heteroatoms. The first-order valence-electron chi connectivity index (χ1n) is 4.96. The third-order valence-electron chi connectivity index (χ3n) is 1.76. The van der Waals surface area contributed by atoms with E-state index in [2.05, 4.69) is 10.6 Å². The van der Waals surface area contributed by atoms with Gasteiger partial charge in [0.2, 0.25) is 0 Å². The molecular weight excluding hydrogens is 246 g/mol. The fraction of sp³-hybridized carbons (Fsp3) is 0.364. The van der Waals surface area contributed by atoms with Gasteiger partial charge in [-0.3, -0.25) is 0 Å². The van der Waals surface area contributed by atoms with Crippen LogP contribution in [0.4, 0.5) is 14.5 Å². The molecule has 0 aliphatic heterocycles. The summed E-state index contributed by atoms with van der Waals surface area (Å²) in [5, 5.41) is 14.7. The van der Waals surface area contributed by atoms with Gasteiger partial charge in [-0.25, -0.2) is 8.78 Å². The third kappa shape index (κ3) is 4.14. The monoisotopic (exact) mass is 260 g/mol. The van der Waals surface area contributed by atoms with E-state index >= 15 is 0 Å². The highest BCUT2D eigenvalue weighted by Gasteiger charge is 2.13. The van der Waals surface area contributed by atoms with Crippen molar-refractivity contribution >= 4 is 23.0 Å². The van der Waals surface area contributed by atoms with E-state index in [0.717, 1.165) is 12.1 Å². The lowest BCUT2D eigenvalue weighted by molar-refractivity contribution is 0.396. The lowest BCUT2D eigenvalue weighted by Gasteiger charge is -2.23. The van der Waals surface area contributed by atoms with Crippen molar-refractivity contribution < 1.29 is 13.9 Å². The van der Waals surface area contributed by atoms with E-state index in [-0.39, 0.29) is 16.3 Å². The summed E-state index contributed by atoms with van der Waals surface area (Å²) < 4.78 is 26.1. The summed E-state index contributed by atoms with van der Waals surface area (Å²) in [6.07, 6.45) is 0. The average Bonchev–Trinajstić information content (AvgIpc) is 2.10. The van der Waals surface area contributed by atoms with Crippen molar-refractivity contribution in [3.8, 4) is 5.75 Å². The van der Waals surface area contributed by atoms with Crippen molar-refractivity contribution in [3.63, 3.8) is 0 Å². The Labute approximate surface area is 104 Å². The van der Waals surface area contributed by atoms with Crippen LogP contribution in [0.25, 0.3) is 0 Å². The number of rotatable bonds is 1. The number of anilines is 1. The summed E-state index contributed by atoms with van der Waals surface area (Å²) in [4.78, 5) is 0.